The molecule has 1 aromatic rings. The van der Waals surface area contributed by atoms with Gasteiger partial charge in [0.1, 0.15) is 0 Å². The molecule has 2 heteroatoms. The summed E-state index contributed by atoms with van der Waals surface area (Å²) in [5, 5.41) is 0.831. The number of halogens is 1. The van der Waals surface area contributed by atoms with Gasteiger partial charge in [0, 0.05) is 12.1 Å². The Morgan fingerprint density at radius 2 is 2.27 bits per heavy atom. The molecule has 1 aliphatic rings. The van der Waals surface area contributed by atoms with Crippen LogP contribution in [0.2, 0.25) is 5.02 Å². The van der Waals surface area contributed by atoms with Gasteiger partial charge in [-0.1, -0.05) is 18.0 Å². The summed E-state index contributed by atoms with van der Waals surface area (Å²) in [6.07, 6.45) is 5.67. The van der Waals surface area contributed by atoms with Crippen LogP contribution in [0.25, 0.3) is 0 Å². The molecule has 0 aromatic carbocycles. The lowest BCUT2D eigenvalue weighted by Gasteiger charge is -2.25. The average Bonchev–Trinajstić information content (AvgIpc) is 1.90. The van der Waals surface area contributed by atoms with Crippen molar-refractivity contribution in [2.24, 2.45) is 0 Å². The van der Waals surface area contributed by atoms with Crippen molar-refractivity contribution in [1.29, 1.82) is 0 Å². The van der Waals surface area contributed by atoms with E-state index in [-0.39, 0.29) is 0 Å². The largest absolute Gasteiger partial charge is 0.259 e. The Bertz CT molecular complexity index is 255. The molecule has 0 amide bonds. The number of nitrogens with zero attached hydrogens (tertiary/aromatic N) is 1. The summed E-state index contributed by atoms with van der Waals surface area (Å²) in [6.45, 7) is 0. The first-order valence-electron chi connectivity index (χ1n) is 3.98. The molecule has 0 bridgehead atoms. The summed E-state index contributed by atoms with van der Waals surface area (Å²) in [6, 6.07) is 3.80. The Kier molecular flexibility index (Phi) is 1.82. The smallest absolute Gasteiger partial charge is 0.0624 e. The SMILES string of the molecule is Clc1cccnc1C1CCC1. The first kappa shape index (κ1) is 7.11. The van der Waals surface area contributed by atoms with E-state index in [1.807, 2.05) is 18.3 Å². The highest BCUT2D eigenvalue weighted by molar-refractivity contribution is 6.31. The standard InChI is InChI=1S/C9H10ClN/c10-8-5-2-6-11-9(8)7-3-1-4-7/h2,5-7H,1,3-4H2. The molecule has 58 valence electrons. The van der Waals surface area contributed by atoms with E-state index in [1.54, 1.807) is 0 Å². The molecule has 1 aliphatic carbocycles. The molecule has 1 fully saturated rings. The minimum atomic E-state index is 0.642. The van der Waals surface area contributed by atoms with Crippen LogP contribution in [0.3, 0.4) is 0 Å². The minimum Gasteiger partial charge on any atom is -0.259 e. The maximum atomic E-state index is 5.97. The molecule has 0 atom stereocenters. The minimum absolute atomic E-state index is 0.642. The quantitative estimate of drug-likeness (QED) is 0.627. The van der Waals surface area contributed by atoms with Crippen molar-refractivity contribution in [2.45, 2.75) is 25.2 Å². The van der Waals surface area contributed by atoms with Crippen molar-refractivity contribution in [1.82, 2.24) is 4.98 Å². The van der Waals surface area contributed by atoms with Gasteiger partial charge in [-0.05, 0) is 25.0 Å². The number of aromatic nitrogens is 1. The van der Waals surface area contributed by atoms with Gasteiger partial charge >= 0.3 is 0 Å². The summed E-state index contributed by atoms with van der Waals surface area (Å²) in [5.74, 6) is 0.642. The van der Waals surface area contributed by atoms with Crippen LogP contribution < -0.4 is 0 Å². The third-order valence-electron chi connectivity index (χ3n) is 2.28. The van der Waals surface area contributed by atoms with Crippen molar-refractivity contribution in [3.05, 3.63) is 29.0 Å². The maximum Gasteiger partial charge on any atom is 0.0624 e. The van der Waals surface area contributed by atoms with Gasteiger partial charge in [-0.3, -0.25) is 4.98 Å². The Morgan fingerprint density at radius 1 is 1.45 bits per heavy atom. The summed E-state index contributed by atoms with van der Waals surface area (Å²) in [7, 11) is 0. The molecule has 0 spiro atoms. The van der Waals surface area contributed by atoms with Crippen molar-refractivity contribution in [3.8, 4) is 0 Å². The number of rotatable bonds is 1. The van der Waals surface area contributed by atoms with E-state index in [9.17, 15) is 0 Å². The summed E-state index contributed by atoms with van der Waals surface area (Å²) in [4.78, 5) is 4.27. The van der Waals surface area contributed by atoms with Gasteiger partial charge in [-0.15, -0.1) is 0 Å². The average molecular weight is 168 g/mol. The van der Waals surface area contributed by atoms with Gasteiger partial charge in [-0.25, -0.2) is 0 Å². The lowest BCUT2D eigenvalue weighted by Crippen LogP contribution is -2.10. The summed E-state index contributed by atoms with van der Waals surface area (Å²) >= 11 is 5.97. The van der Waals surface area contributed by atoms with Crippen LogP contribution in [0.5, 0.6) is 0 Å². The van der Waals surface area contributed by atoms with Crippen LogP contribution in [0.1, 0.15) is 30.9 Å². The van der Waals surface area contributed by atoms with Crippen LogP contribution in [0, 0.1) is 0 Å². The van der Waals surface area contributed by atoms with Crippen LogP contribution in [0.4, 0.5) is 0 Å². The van der Waals surface area contributed by atoms with Gasteiger partial charge < -0.3 is 0 Å². The Balaban J connectivity index is 2.28. The second-order valence-electron chi connectivity index (χ2n) is 3.00. The van der Waals surface area contributed by atoms with Gasteiger partial charge in [0.05, 0.1) is 10.7 Å². The van der Waals surface area contributed by atoms with Crippen LogP contribution in [-0.2, 0) is 0 Å². The van der Waals surface area contributed by atoms with E-state index in [2.05, 4.69) is 4.98 Å². The van der Waals surface area contributed by atoms with Crippen LogP contribution >= 0.6 is 11.6 Å². The molecule has 2 rings (SSSR count). The fourth-order valence-electron chi connectivity index (χ4n) is 1.38. The zero-order valence-electron chi connectivity index (χ0n) is 6.26. The van der Waals surface area contributed by atoms with Gasteiger partial charge in [0.15, 0.2) is 0 Å². The number of pyridine rings is 1. The molecule has 0 unspecified atom stereocenters. The Labute approximate surface area is 71.4 Å². The third kappa shape index (κ3) is 1.25. The first-order valence-corrected chi connectivity index (χ1v) is 4.36. The van der Waals surface area contributed by atoms with Crippen molar-refractivity contribution < 1.29 is 0 Å². The van der Waals surface area contributed by atoms with E-state index >= 15 is 0 Å². The molecule has 0 saturated heterocycles. The zero-order chi connectivity index (χ0) is 7.68. The molecular weight excluding hydrogens is 158 g/mol. The molecule has 1 aromatic heterocycles. The molecule has 0 aliphatic heterocycles. The van der Waals surface area contributed by atoms with Gasteiger partial charge in [-0.2, -0.15) is 0 Å². The van der Waals surface area contributed by atoms with Crippen molar-refractivity contribution in [2.75, 3.05) is 0 Å². The molecule has 1 heterocycles. The molecular formula is C9H10ClN. The first-order chi connectivity index (χ1) is 5.38. The van der Waals surface area contributed by atoms with E-state index in [0.29, 0.717) is 5.92 Å². The third-order valence-corrected chi connectivity index (χ3v) is 2.60. The van der Waals surface area contributed by atoms with Crippen molar-refractivity contribution >= 4 is 11.6 Å². The van der Waals surface area contributed by atoms with E-state index in [0.717, 1.165) is 10.7 Å². The second-order valence-corrected chi connectivity index (χ2v) is 3.41. The summed E-state index contributed by atoms with van der Waals surface area (Å²) in [5.41, 5.74) is 1.10. The van der Waals surface area contributed by atoms with Crippen LogP contribution in [-0.4, -0.2) is 4.98 Å². The lowest BCUT2D eigenvalue weighted by molar-refractivity contribution is 0.411. The van der Waals surface area contributed by atoms with E-state index in [1.165, 1.54) is 19.3 Å². The predicted molar refractivity (Wildman–Crippen MR) is 45.8 cm³/mol. The van der Waals surface area contributed by atoms with Gasteiger partial charge in [0.2, 0.25) is 0 Å². The van der Waals surface area contributed by atoms with Gasteiger partial charge in [0.25, 0.3) is 0 Å². The highest BCUT2D eigenvalue weighted by atomic mass is 35.5. The highest BCUT2D eigenvalue weighted by Gasteiger charge is 2.22. The fraction of sp³-hybridized carbons (Fsp3) is 0.444. The maximum absolute atomic E-state index is 5.97. The Hall–Kier alpha value is -0.560. The number of hydrogen-bond acceptors (Lipinski definition) is 1. The predicted octanol–water partition coefficient (Wildman–Crippen LogP) is 3.00. The molecule has 0 N–H and O–H groups in total. The topological polar surface area (TPSA) is 12.9 Å². The molecule has 1 saturated carbocycles. The molecule has 0 radical (unpaired) electrons. The summed E-state index contributed by atoms with van der Waals surface area (Å²) < 4.78 is 0. The lowest BCUT2D eigenvalue weighted by atomic mass is 9.83. The second kappa shape index (κ2) is 2.82. The van der Waals surface area contributed by atoms with Crippen molar-refractivity contribution in [3.63, 3.8) is 0 Å². The number of hydrogen-bond donors (Lipinski definition) is 0. The van der Waals surface area contributed by atoms with E-state index < -0.39 is 0 Å². The normalized spacial score (nSPS) is 17.9. The Morgan fingerprint density at radius 3 is 2.82 bits per heavy atom. The highest BCUT2D eigenvalue weighted by Crippen LogP contribution is 2.37. The van der Waals surface area contributed by atoms with Crippen LogP contribution in [0.15, 0.2) is 18.3 Å². The van der Waals surface area contributed by atoms with E-state index in [4.69, 9.17) is 11.6 Å². The molecule has 1 nitrogen and oxygen atoms in total. The fourth-order valence-corrected chi connectivity index (χ4v) is 1.66. The molecule has 11 heavy (non-hydrogen) atoms. The zero-order valence-corrected chi connectivity index (χ0v) is 7.01. The monoisotopic (exact) mass is 167 g/mol.